The highest BCUT2D eigenvalue weighted by atomic mass is 32.2. The van der Waals surface area contributed by atoms with Gasteiger partial charge in [0.25, 0.3) is 0 Å². The Balaban J connectivity index is 1.82. The molecule has 3 nitrogen and oxygen atoms in total. The summed E-state index contributed by atoms with van der Waals surface area (Å²) in [5, 5.41) is 0. The van der Waals surface area contributed by atoms with Crippen LogP contribution in [0.5, 0.6) is 11.5 Å². The summed E-state index contributed by atoms with van der Waals surface area (Å²) in [4.78, 5) is 1.31. The third kappa shape index (κ3) is 5.79. The van der Waals surface area contributed by atoms with Crippen molar-refractivity contribution in [3.8, 4) is 11.5 Å². The predicted molar refractivity (Wildman–Crippen MR) is 149 cm³/mol. The van der Waals surface area contributed by atoms with Gasteiger partial charge in [0.1, 0.15) is 11.5 Å². The second kappa shape index (κ2) is 10.8. The van der Waals surface area contributed by atoms with Crippen LogP contribution in [-0.4, -0.2) is 29.0 Å². The van der Waals surface area contributed by atoms with Gasteiger partial charge in [-0.25, -0.2) is 0 Å². The molecule has 1 radical (unpaired) electrons. The van der Waals surface area contributed by atoms with Crippen LogP contribution in [0.25, 0.3) is 0 Å². The highest BCUT2D eigenvalue weighted by Gasteiger charge is 2.34. The van der Waals surface area contributed by atoms with E-state index in [1.165, 1.54) is 27.1 Å². The van der Waals surface area contributed by atoms with Crippen LogP contribution in [-0.2, 0) is 4.43 Å². The number of ether oxygens (including phenoxy) is 2. The van der Waals surface area contributed by atoms with Gasteiger partial charge in [-0.05, 0) is 65.0 Å². The van der Waals surface area contributed by atoms with Crippen molar-refractivity contribution < 1.29 is 13.9 Å². The van der Waals surface area contributed by atoms with Gasteiger partial charge in [0, 0.05) is 22.5 Å². The Labute approximate surface area is 216 Å². The molecular weight excluding hydrogens is 468 g/mol. The Morgan fingerprint density at radius 3 is 2.17 bits per heavy atom. The Bertz CT molecular complexity index is 1140. The molecule has 3 atom stereocenters. The van der Waals surface area contributed by atoms with Gasteiger partial charge in [-0.15, -0.1) is 11.8 Å². The zero-order valence-electron chi connectivity index (χ0n) is 21.9. The van der Waals surface area contributed by atoms with Crippen LogP contribution < -0.4 is 9.47 Å². The maximum Gasteiger partial charge on any atom is 0.205 e. The summed E-state index contributed by atoms with van der Waals surface area (Å²) in [6, 6.07) is 24.3. The molecule has 0 saturated heterocycles. The van der Waals surface area contributed by atoms with E-state index in [4.69, 9.17) is 13.9 Å². The molecule has 1 heterocycles. The fourth-order valence-corrected chi connectivity index (χ4v) is 7.23. The van der Waals surface area contributed by atoms with E-state index in [2.05, 4.69) is 101 Å². The summed E-state index contributed by atoms with van der Waals surface area (Å²) < 4.78 is 17.5. The van der Waals surface area contributed by atoms with Crippen molar-refractivity contribution in [2.24, 2.45) is 5.41 Å². The van der Waals surface area contributed by atoms with Crippen molar-refractivity contribution in [1.29, 1.82) is 0 Å². The Morgan fingerprint density at radius 1 is 0.857 bits per heavy atom. The zero-order valence-corrected chi connectivity index (χ0v) is 23.7. The first-order valence-corrected chi connectivity index (χ1v) is 15.6. The second-order valence-corrected chi connectivity index (χ2v) is 13.6. The highest BCUT2D eigenvalue weighted by molar-refractivity contribution is 7.99. The molecule has 0 bridgehead atoms. The molecule has 0 amide bonds. The van der Waals surface area contributed by atoms with Crippen molar-refractivity contribution >= 4 is 20.8 Å². The van der Waals surface area contributed by atoms with Gasteiger partial charge in [0.15, 0.2) is 0 Å². The average Bonchev–Trinajstić information content (AvgIpc) is 2.85. The van der Waals surface area contributed by atoms with E-state index in [1.54, 1.807) is 14.2 Å². The van der Waals surface area contributed by atoms with Gasteiger partial charge in [-0.3, -0.25) is 0 Å². The molecule has 1 aliphatic rings. The first-order valence-electron chi connectivity index (χ1n) is 12.2. The van der Waals surface area contributed by atoms with E-state index in [9.17, 15) is 0 Å². The smallest absolute Gasteiger partial charge is 0.205 e. The Kier molecular flexibility index (Phi) is 7.99. The maximum absolute atomic E-state index is 6.55. The summed E-state index contributed by atoms with van der Waals surface area (Å²) in [6.07, 6.45) is 0.0686. The minimum absolute atomic E-state index is 0.0175. The molecule has 1 aliphatic heterocycles. The lowest BCUT2D eigenvalue weighted by Crippen LogP contribution is -2.26. The summed E-state index contributed by atoms with van der Waals surface area (Å²) in [6.45, 7) is 11.3. The van der Waals surface area contributed by atoms with Crippen LogP contribution in [0, 0.1) is 5.41 Å². The molecule has 5 heteroatoms. The summed E-state index contributed by atoms with van der Waals surface area (Å²) in [5.74, 6) is 3.42. The minimum atomic E-state index is -0.844. The molecule has 0 N–H and O–H groups in total. The lowest BCUT2D eigenvalue weighted by Gasteiger charge is -2.36. The minimum Gasteiger partial charge on any atom is -0.497 e. The first kappa shape index (κ1) is 25.9. The third-order valence-electron chi connectivity index (χ3n) is 6.63. The number of hydrogen-bond acceptors (Lipinski definition) is 4. The van der Waals surface area contributed by atoms with E-state index < -0.39 is 9.04 Å². The van der Waals surface area contributed by atoms with Crippen molar-refractivity contribution in [3.63, 3.8) is 0 Å². The Hall–Kier alpha value is -2.21. The molecule has 0 fully saturated rings. The molecular formula is C30H37O3SSi. The van der Waals surface area contributed by atoms with Crippen LogP contribution in [0.15, 0.2) is 71.6 Å². The second-order valence-electron chi connectivity index (χ2n) is 10.5. The van der Waals surface area contributed by atoms with Crippen molar-refractivity contribution in [2.75, 3.05) is 20.0 Å². The molecule has 4 rings (SSSR count). The summed E-state index contributed by atoms with van der Waals surface area (Å²) >= 11 is 1.92. The maximum atomic E-state index is 6.55. The molecule has 0 saturated carbocycles. The monoisotopic (exact) mass is 505 g/mol. The number of methoxy groups -OCH3 is 2. The molecule has 35 heavy (non-hydrogen) atoms. The molecule has 3 unspecified atom stereocenters. The quantitative estimate of drug-likeness (QED) is 0.303. The van der Waals surface area contributed by atoms with Crippen molar-refractivity contribution in [2.45, 2.75) is 56.7 Å². The van der Waals surface area contributed by atoms with Crippen molar-refractivity contribution in [1.82, 2.24) is 0 Å². The SMILES string of the molecule is COc1ccc(C2CSc3cc(OC)ccc3C2c2cccc(C(O[Si](C)C)C(C)(C)C)c2)cc1. The van der Waals surface area contributed by atoms with Crippen LogP contribution in [0.4, 0.5) is 0 Å². The lowest BCUT2D eigenvalue weighted by molar-refractivity contribution is 0.0865. The predicted octanol–water partition coefficient (Wildman–Crippen LogP) is 8.08. The molecule has 185 valence electrons. The number of benzene rings is 3. The molecule has 3 aromatic rings. The summed E-state index contributed by atoms with van der Waals surface area (Å²) in [5.41, 5.74) is 5.33. The fraction of sp³-hybridized carbons (Fsp3) is 0.400. The number of thioether (sulfide) groups is 1. The van der Waals surface area contributed by atoms with Crippen molar-refractivity contribution in [3.05, 3.63) is 89.0 Å². The number of fused-ring (bicyclic) bond motifs is 1. The third-order valence-corrected chi connectivity index (χ3v) is 8.53. The topological polar surface area (TPSA) is 27.7 Å². The Morgan fingerprint density at radius 2 is 1.54 bits per heavy atom. The molecule has 0 spiro atoms. The van der Waals surface area contributed by atoms with E-state index in [0.29, 0.717) is 5.92 Å². The standard InChI is InChI=1S/C30H37O3SSi/c1-30(2,3)29(33-35(6)7)22-10-8-9-21(17-22)28-25-16-15-24(32-5)18-27(25)34-19-26(28)20-11-13-23(31-4)14-12-20/h8-18,26,28-29H,19H2,1-7H3. The van der Waals surface area contributed by atoms with E-state index >= 15 is 0 Å². The highest BCUT2D eigenvalue weighted by Crippen LogP contribution is 2.50. The van der Waals surface area contributed by atoms with Gasteiger partial charge in [-0.2, -0.15) is 0 Å². The fourth-order valence-electron chi connectivity index (χ4n) is 4.96. The summed E-state index contributed by atoms with van der Waals surface area (Å²) in [7, 11) is 2.61. The number of hydrogen-bond donors (Lipinski definition) is 0. The van der Waals surface area contributed by atoms with Crippen LogP contribution >= 0.6 is 11.8 Å². The van der Waals surface area contributed by atoms with E-state index in [0.717, 1.165) is 17.3 Å². The number of rotatable bonds is 7. The van der Waals surface area contributed by atoms with Crippen LogP contribution in [0.2, 0.25) is 13.1 Å². The van der Waals surface area contributed by atoms with E-state index in [1.807, 2.05) is 11.8 Å². The molecule has 0 aliphatic carbocycles. The normalized spacial score (nSPS) is 18.7. The van der Waals surface area contributed by atoms with Crippen LogP contribution in [0.3, 0.4) is 0 Å². The van der Waals surface area contributed by atoms with Gasteiger partial charge >= 0.3 is 0 Å². The largest absolute Gasteiger partial charge is 0.497 e. The van der Waals surface area contributed by atoms with Gasteiger partial charge in [-0.1, -0.05) is 63.2 Å². The van der Waals surface area contributed by atoms with Gasteiger partial charge in [0.05, 0.1) is 20.3 Å². The van der Waals surface area contributed by atoms with E-state index in [-0.39, 0.29) is 17.4 Å². The zero-order chi connectivity index (χ0) is 25.2. The van der Waals surface area contributed by atoms with Crippen LogP contribution in [0.1, 0.15) is 61.0 Å². The first-order chi connectivity index (χ1) is 16.7. The molecule has 3 aromatic carbocycles. The molecule has 0 aromatic heterocycles. The van der Waals surface area contributed by atoms with Gasteiger partial charge in [0.2, 0.25) is 9.04 Å². The van der Waals surface area contributed by atoms with Gasteiger partial charge < -0.3 is 13.9 Å². The average molecular weight is 506 g/mol. The lowest BCUT2D eigenvalue weighted by atomic mass is 9.76.